The molecule has 3 N–H and O–H groups in total. The molecule has 2 heterocycles. The van der Waals surface area contributed by atoms with Crippen LogP contribution in [0.2, 0.25) is 5.04 Å². The minimum Gasteiger partial charge on any atom is -0.505 e. The Kier molecular flexibility index (Phi) is 8.14. The van der Waals surface area contributed by atoms with E-state index < -0.39 is 13.4 Å². The van der Waals surface area contributed by atoms with Crippen LogP contribution in [0.3, 0.4) is 0 Å². The number of aryl methyl sites for hydroxylation is 2. The van der Waals surface area contributed by atoms with Gasteiger partial charge < -0.3 is 9.90 Å². The van der Waals surface area contributed by atoms with E-state index in [4.69, 9.17) is 0 Å². The molecule has 0 fully saturated rings. The number of pyridine rings is 2. The van der Waals surface area contributed by atoms with Crippen LogP contribution in [0.5, 0.6) is 5.75 Å². The lowest BCUT2D eigenvalue weighted by molar-refractivity contribution is 0.0955. The second-order valence-corrected chi connectivity index (χ2v) is 13.8. The number of benzene rings is 2. The molecule has 0 aliphatic rings. The Hall–Kier alpha value is -4.14. The van der Waals surface area contributed by atoms with Crippen LogP contribution in [-0.2, 0) is 6.42 Å². The number of hydrogen-bond acceptors (Lipinski definition) is 6. The first-order valence-corrected chi connectivity index (χ1v) is 14.4. The molecule has 1 amide bonds. The van der Waals surface area contributed by atoms with Crippen molar-refractivity contribution < 1.29 is 14.7 Å². The third kappa shape index (κ3) is 5.56. The molecule has 4 aromatic rings. The maximum Gasteiger partial charge on any atom is 0.271 e. The summed E-state index contributed by atoms with van der Waals surface area (Å²) in [6, 6.07) is 23.0. The molecule has 0 saturated carbocycles. The quantitative estimate of drug-likeness (QED) is 0.176. The maximum absolute atomic E-state index is 12.4. The highest BCUT2D eigenvalue weighted by molar-refractivity contribution is 6.98. The molecule has 38 heavy (non-hydrogen) atoms. The summed E-state index contributed by atoms with van der Waals surface area (Å²) < 4.78 is 0. The Morgan fingerprint density at radius 2 is 1.58 bits per heavy atom. The molecular formula is C30H32N4O3Si. The van der Waals surface area contributed by atoms with Crippen molar-refractivity contribution in [2.45, 2.75) is 38.7 Å². The van der Waals surface area contributed by atoms with Crippen molar-refractivity contribution in [3.05, 3.63) is 114 Å². The number of aromatic nitrogens is 2. The summed E-state index contributed by atoms with van der Waals surface area (Å²) in [6.45, 7) is 5.92. The van der Waals surface area contributed by atoms with Gasteiger partial charge in [0.1, 0.15) is 5.75 Å². The van der Waals surface area contributed by atoms with E-state index in [9.17, 15) is 14.7 Å². The standard InChI is InChI=1S/C30H32N4O3Si/c1-22-28(35)27(21-33-34-29(36)23-15-18-31-19-16-23)24(20-32-22)14-17-30(2,3)38(37,25-10-6-4-7-11-25)26-12-8-5-9-13-26/h4-13,15-16,18-21,35,37H,14,17H2,1-3H3,(H,34,36)/b33-21+. The predicted octanol–water partition coefficient (Wildman–Crippen LogP) is 3.72. The van der Waals surface area contributed by atoms with Gasteiger partial charge in [0.05, 0.1) is 11.9 Å². The van der Waals surface area contributed by atoms with E-state index in [0.717, 1.165) is 15.9 Å². The summed E-state index contributed by atoms with van der Waals surface area (Å²) in [5.74, 6) is -0.362. The number of nitrogens with one attached hydrogen (secondary N) is 1. The third-order valence-corrected chi connectivity index (χ3v) is 11.6. The Labute approximate surface area is 224 Å². The average Bonchev–Trinajstić information content (AvgIpc) is 2.95. The molecule has 0 aliphatic carbocycles. The van der Waals surface area contributed by atoms with Crippen LogP contribution in [0.25, 0.3) is 0 Å². The van der Waals surface area contributed by atoms with Gasteiger partial charge in [-0.2, -0.15) is 5.10 Å². The fraction of sp³-hybridized carbons (Fsp3) is 0.200. The molecule has 0 aliphatic heterocycles. The van der Waals surface area contributed by atoms with E-state index in [1.807, 2.05) is 60.7 Å². The number of nitrogens with zero attached hydrogens (tertiary/aromatic N) is 3. The van der Waals surface area contributed by atoms with Crippen molar-refractivity contribution in [3.8, 4) is 5.75 Å². The van der Waals surface area contributed by atoms with Gasteiger partial charge in [0.25, 0.3) is 14.2 Å². The Morgan fingerprint density at radius 1 is 1.00 bits per heavy atom. The maximum atomic E-state index is 12.4. The molecule has 0 atom stereocenters. The number of aromatic hydroxyl groups is 1. The van der Waals surface area contributed by atoms with Crippen LogP contribution >= 0.6 is 0 Å². The van der Waals surface area contributed by atoms with E-state index in [1.165, 1.54) is 18.6 Å². The number of carbonyl (C=O) groups excluding carboxylic acids is 1. The van der Waals surface area contributed by atoms with Gasteiger partial charge in [-0.1, -0.05) is 74.5 Å². The summed E-state index contributed by atoms with van der Waals surface area (Å²) in [5.41, 5.74) is 4.67. The summed E-state index contributed by atoms with van der Waals surface area (Å²) in [6.07, 6.45) is 7.42. The van der Waals surface area contributed by atoms with Crippen molar-refractivity contribution in [2.24, 2.45) is 5.10 Å². The van der Waals surface area contributed by atoms with Crippen molar-refractivity contribution in [2.75, 3.05) is 0 Å². The van der Waals surface area contributed by atoms with Crippen LogP contribution in [-0.4, -0.2) is 40.3 Å². The number of hydrazone groups is 1. The lowest BCUT2D eigenvalue weighted by Gasteiger charge is -2.41. The van der Waals surface area contributed by atoms with Crippen LogP contribution in [0.15, 0.2) is 96.5 Å². The summed E-state index contributed by atoms with van der Waals surface area (Å²) in [4.78, 5) is 33.1. The molecule has 0 saturated heterocycles. The van der Waals surface area contributed by atoms with Crippen LogP contribution in [0.1, 0.15) is 47.4 Å². The van der Waals surface area contributed by atoms with Gasteiger partial charge in [-0.25, -0.2) is 5.43 Å². The van der Waals surface area contributed by atoms with Crippen molar-refractivity contribution in [3.63, 3.8) is 0 Å². The van der Waals surface area contributed by atoms with E-state index >= 15 is 0 Å². The van der Waals surface area contributed by atoms with Gasteiger partial charge in [0, 0.05) is 29.7 Å². The normalized spacial score (nSPS) is 12.0. The smallest absolute Gasteiger partial charge is 0.271 e. The zero-order valence-electron chi connectivity index (χ0n) is 21.8. The highest BCUT2D eigenvalue weighted by Crippen LogP contribution is 2.40. The van der Waals surface area contributed by atoms with Gasteiger partial charge >= 0.3 is 0 Å². The third-order valence-electron chi connectivity index (χ3n) is 7.04. The van der Waals surface area contributed by atoms with Gasteiger partial charge in [-0.05, 0) is 52.9 Å². The molecule has 2 aromatic heterocycles. The second-order valence-electron chi connectivity index (χ2n) is 9.89. The zero-order valence-corrected chi connectivity index (χ0v) is 22.8. The summed E-state index contributed by atoms with van der Waals surface area (Å²) >= 11 is 0. The van der Waals surface area contributed by atoms with Crippen LogP contribution in [0.4, 0.5) is 0 Å². The number of amides is 1. The first-order valence-electron chi connectivity index (χ1n) is 12.5. The molecule has 4 rings (SSSR count). The summed E-state index contributed by atoms with van der Waals surface area (Å²) in [7, 11) is -3.18. The highest BCUT2D eigenvalue weighted by Gasteiger charge is 2.49. The molecule has 194 valence electrons. The predicted molar refractivity (Wildman–Crippen MR) is 152 cm³/mol. The van der Waals surface area contributed by atoms with Crippen molar-refractivity contribution in [1.29, 1.82) is 0 Å². The Balaban J connectivity index is 1.61. The number of rotatable bonds is 9. The van der Waals surface area contributed by atoms with Gasteiger partial charge in [0.2, 0.25) is 0 Å². The molecule has 2 aromatic carbocycles. The topological polar surface area (TPSA) is 108 Å². The van der Waals surface area contributed by atoms with Crippen LogP contribution in [0, 0.1) is 6.92 Å². The first kappa shape index (κ1) is 26.9. The molecular weight excluding hydrogens is 492 g/mol. The molecule has 0 unspecified atom stereocenters. The minimum atomic E-state index is -3.18. The highest BCUT2D eigenvalue weighted by atomic mass is 28.4. The number of hydrogen-bond donors (Lipinski definition) is 3. The lowest BCUT2D eigenvalue weighted by Crippen LogP contribution is -2.65. The van der Waals surface area contributed by atoms with E-state index in [1.54, 1.807) is 25.3 Å². The molecule has 0 radical (unpaired) electrons. The van der Waals surface area contributed by atoms with Crippen molar-refractivity contribution in [1.82, 2.24) is 15.4 Å². The SMILES string of the molecule is Cc1ncc(CCC(C)(C)[Si](O)(c2ccccc2)c2ccccc2)c(/C=N/NC(=O)c2ccncc2)c1O. The van der Waals surface area contributed by atoms with E-state index in [2.05, 4.69) is 34.3 Å². The molecule has 0 bridgehead atoms. The molecule has 7 nitrogen and oxygen atoms in total. The monoisotopic (exact) mass is 524 g/mol. The molecule has 8 heteroatoms. The zero-order chi connectivity index (χ0) is 27.2. The van der Waals surface area contributed by atoms with Gasteiger partial charge in [-0.3, -0.25) is 14.8 Å². The van der Waals surface area contributed by atoms with Gasteiger partial charge in [-0.15, -0.1) is 0 Å². The van der Waals surface area contributed by atoms with Crippen LogP contribution < -0.4 is 15.8 Å². The fourth-order valence-electron chi connectivity index (χ4n) is 4.65. The Morgan fingerprint density at radius 3 is 2.16 bits per heavy atom. The van der Waals surface area contributed by atoms with Crippen molar-refractivity contribution >= 4 is 30.8 Å². The van der Waals surface area contributed by atoms with E-state index in [-0.39, 0.29) is 11.7 Å². The average molecular weight is 525 g/mol. The first-order chi connectivity index (χ1) is 18.2. The Bertz CT molecular complexity index is 1370. The minimum absolute atomic E-state index is 0.0147. The second kappa shape index (κ2) is 11.5. The van der Waals surface area contributed by atoms with E-state index in [0.29, 0.717) is 29.7 Å². The fourth-order valence-corrected chi connectivity index (χ4v) is 8.39. The summed E-state index contributed by atoms with van der Waals surface area (Å²) in [5, 5.41) is 16.3. The lowest BCUT2D eigenvalue weighted by atomic mass is 9.98. The van der Waals surface area contributed by atoms with Gasteiger partial charge in [0.15, 0.2) is 0 Å². The molecule has 0 spiro atoms. The number of carbonyl (C=O) groups is 1. The largest absolute Gasteiger partial charge is 0.505 e.